The van der Waals surface area contributed by atoms with Crippen LogP contribution in [0, 0.1) is 6.92 Å². The maximum atomic E-state index is 12.0. The van der Waals surface area contributed by atoms with Gasteiger partial charge >= 0.3 is 0 Å². The van der Waals surface area contributed by atoms with E-state index in [1.165, 1.54) is 0 Å². The zero-order valence-electron chi connectivity index (χ0n) is 12.4. The monoisotopic (exact) mass is 284 g/mol. The molecule has 1 atom stereocenters. The Morgan fingerprint density at radius 3 is 2.62 bits per heavy atom. The number of aromatic nitrogens is 1. The number of nitrogens with one attached hydrogen (secondary N) is 1. The van der Waals surface area contributed by atoms with E-state index < -0.39 is 0 Å². The van der Waals surface area contributed by atoms with Gasteiger partial charge in [0.1, 0.15) is 6.61 Å². The van der Waals surface area contributed by atoms with Crippen LogP contribution < -0.4 is 5.32 Å². The van der Waals surface area contributed by atoms with Gasteiger partial charge in [-0.2, -0.15) is 0 Å². The largest absolute Gasteiger partial charge is 0.372 e. The van der Waals surface area contributed by atoms with E-state index in [9.17, 15) is 4.79 Å². The number of nitrogens with zero attached hydrogens (tertiary/aromatic N) is 1. The summed E-state index contributed by atoms with van der Waals surface area (Å²) in [6.45, 7) is 4.51. The number of pyridine rings is 1. The van der Waals surface area contributed by atoms with Crippen molar-refractivity contribution in [1.29, 1.82) is 0 Å². The Hall–Kier alpha value is -2.20. The van der Waals surface area contributed by atoms with E-state index in [1.807, 2.05) is 50.2 Å². The normalized spacial score (nSPS) is 11.9. The first kappa shape index (κ1) is 15.2. The molecule has 0 fully saturated rings. The van der Waals surface area contributed by atoms with Gasteiger partial charge in [-0.05, 0) is 42.7 Å². The summed E-state index contributed by atoms with van der Waals surface area (Å²) in [5.74, 6) is -0.123. The SMILES string of the molecule is CCOCC(=O)N[C@H](c1ccncc1)c1ccccc1C. The molecule has 0 unspecified atom stereocenters. The van der Waals surface area contributed by atoms with Gasteiger partial charge in [-0.25, -0.2) is 0 Å². The lowest BCUT2D eigenvalue weighted by atomic mass is 9.95. The molecule has 1 amide bonds. The fourth-order valence-corrected chi connectivity index (χ4v) is 2.20. The molecule has 110 valence electrons. The highest BCUT2D eigenvalue weighted by Gasteiger charge is 2.18. The molecule has 2 aromatic rings. The van der Waals surface area contributed by atoms with Crippen LogP contribution in [-0.2, 0) is 9.53 Å². The van der Waals surface area contributed by atoms with Gasteiger partial charge in [0.2, 0.25) is 5.91 Å². The highest BCUT2D eigenvalue weighted by atomic mass is 16.5. The Morgan fingerprint density at radius 1 is 1.24 bits per heavy atom. The summed E-state index contributed by atoms with van der Waals surface area (Å²) in [6, 6.07) is 11.7. The van der Waals surface area contributed by atoms with Crippen molar-refractivity contribution in [3.63, 3.8) is 0 Å². The zero-order chi connectivity index (χ0) is 15.1. The molecule has 0 aliphatic rings. The van der Waals surface area contributed by atoms with Crippen molar-refractivity contribution in [1.82, 2.24) is 10.3 Å². The fourth-order valence-electron chi connectivity index (χ4n) is 2.20. The number of benzene rings is 1. The molecule has 4 heteroatoms. The minimum Gasteiger partial charge on any atom is -0.372 e. The summed E-state index contributed by atoms with van der Waals surface area (Å²) >= 11 is 0. The number of amides is 1. The summed E-state index contributed by atoms with van der Waals surface area (Å²) in [5.41, 5.74) is 3.22. The molecule has 21 heavy (non-hydrogen) atoms. The Bertz CT molecular complexity index is 584. The summed E-state index contributed by atoms with van der Waals surface area (Å²) in [6.07, 6.45) is 3.46. The van der Waals surface area contributed by atoms with E-state index in [4.69, 9.17) is 4.74 Å². The van der Waals surface area contributed by atoms with E-state index >= 15 is 0 Å². The predicted molar refractivity (Wildman–Crippen MR) is 81.9 cm³/mol. The van der Waals surface area contributed by atoms with Crippen molar-refractivity contribution in [2.24, 2.45) is 0 Å². The van der Waals surface area contributed by atoms with Crippen molar-refractivity contribution in [3.8, 4) is 0 Å². The Morgan fingerprint density at radius 2 is 1.95 bits per heavy atom. The summed E-state index contributed by atoms with van der Waals surface area (Å²) in [7, 11) is 0. The van der Waals surface area contributed by atoms with Gasteiger partial charge in [-0.3, -0.25) is 9.78 Å². The third-order valence-corrected chi connectivity index (χ3v) is 3.28. The van der Waals surface area contributed by atoms with Crippen LogP contribution >= 0.6 is 0 Å². The molecule has 4 nitrogen and oxygen atoms in total. The van der Waals surface area contributed by atoms with Gasteiger partial charge in [0.25, 0.3) is 0 Å². The topological polar surface area (TPSA) is 51.2 Å². The second-order valence-electron chi connectivity index (χ2n) is 4.77. The molecule has 0 saturated heterocycles. The average molecular weight is 284 g/mol. The number of carbonyl (C=O) groups excluding carboxylic acids is 1. The number of hydrogen-bond donors (Lipinski definition) is 1. The molecule has 0 saturated carbocycles. The van der Waals surface area contributed by atoms with Gasteiger partial charge in [-0.1, -0.05) is 24.3 Å². The van der Waals surface area contributed by atoms with Crippen LogP contribution in [0.4, 0.5) is 0 Å². The van der Waals surface area contributed by atoms with Crippen molar-refractivity contribution < 1.29 is 9.53 Å². The lowest BCUT2D eigenvalue weighted by molar-refractivity contribution is -0.126. The molecule has 1 aromatic carbocycles. The minimum absolute atomic E-state index is 0.0734. The minimum atomic E-state index is -0.192. The highest BCUT2D eigenvalue weighted by Crippen LogP contribution is 2.24. The molecule has 1 N–H and O–H groups in total. The molecule has 0 radical (unpaired) electrons. The molecule has 0 spiro atoms. The first-order valence-corrected chi connectivity index (χ1v) is 7.05. The van der Waals surface area contributed by atoms with Crippen molar-refractivity contribution in [2.45, 2.75) is 19.9 Å². The molecule has 1 aromatic heterocycles. The summed E-state index contributed by atoms with van der Waals surface area (Å²) < 4.78 is 5.17. The lowest BCUT2D eigenvalue weighted by Gasteiger charge is -2.21. The van der Waals surface area contributed by atoms with Crippen LogP contribution in [0.5, 0.6) is 0 Å². The smallest absolute Gasteiger partial charge is 0.246 e. The first-order chi connectivity index (χ1) is 10.2. The number of rotatable bonds is 6. The van der Waals surface area contributed by atoms with E-state index in [2.05, 4.69) is 10.3 Å². The van der Waals surface area contributed by atoms with Crippen LogP contribution in [-0.4, -0.2) is 24.1 Å². The summed E-state index contributed by atoms with van der Waals surface area (Å²) in [5, 5.41) is 3.03. The summed E-state index contributed by atoms with van der Waals surface area (Å²) in [4.78, 5) is 16.1. The second-order valence-corrected chi connectivity index (χ2v) is 4.77. The highest BCUT2D eigenvalue weighted by molar-refractivity contribution is 5.78. The second kappa shape index (κ2) is 7.55. The van der Waals surface area contributed by atoms with Gasteiger partial charge in [0.05, 0.1) is 6.04 Å². The van der Waals surface area contributed by atoms with E-state index in [0.717, 1.165) is 16.7 Å². The van der Waals surface area contributed by atoms with Gasteiger partial charge in [-0.15, -0.1) is 0 Å². The molecule has 2 rings (SSSR count). The standard InChI is InChI=1S/C17H20N2O2/c1-3-21-12-16(20)19-17(14-8-10-18-11-9-14)15-7-5-4-6-13(15)2/h4-11,17H,3,12H2,1-2H3,(H,19,20)/t17-/m1/s1. The molecule has 0 aliphatic carbocycles. The maximum Gasteiger partial charge on any atom is 0.246 e. The fraction of sp³-hybridized carbons (Fsp3) is 0.294. The number of hydrogen-bond acceptors (Lipinski definition) is 3. The maximum absolute atomic E-state index is 12.0. The zero-order valence-corrected chi connectivity index (χ0v) is 12.4. The van der Waals surface area contributed by atoms with E-state index in [0.29, 0.717) is 6.61 Å². The Kier molecular flexibility index (Phi) is 5.46. The number of aryl methyl sites for hydroxylation is 1. The van der Waals surface area contributed by atoms with Gasteiger partial charge in [0.15, 0.2) is 0 Å². The van der Waals surface area contributed by atoms with Crippen molar-refractivity contribution >= 4 is 5.91 Å². The molecule has 1 heterocycles. The molecular weight excluding hydrogens is 264 g/mol. The van der Waals surface area contributed by atoms with Crippen molar-refractivity contribution in [3.05, 3.63) is 65.5 Å². The number of ether oxygens (including phenoxy) is 1. The van der Waals surface area contributed by atoms with Gasteiger partial charge in [0, 0.05) is 19.0 Å². The third-order valence-electron chi connectivity index (χ3n) is 3.28. The predicted octanol–water partition coefficient (Wildman–Crippen LogP) is 2.63. The van der Waals surface area contributed by atoms with E-state index in [-0.39, 0.29) is 18.6 Å². The molecule has 0 bridgehead atoms. The molecular formula is C17H20N2O2. The van der Waals surface area contributed by atoms with Crippen LogP contribution in [0.25, 0.3) is 0 Å². The Labute approximate surface area is 125 Å². The third kappa shape index (κ3) is 4.13. The lowest BCUT2D eigenvalue weighted by Crippen LogP contribution is -2.32. The average Bonchev–Trinajstić information content (AvgIpc) is 2.52. The van der Waals surface area contributed by atoms with Crippen LogP contribution in [0.3, 0.4) is 0 Å². The number of carbonyl (C=O) groups is 1. The van der Waals surface area contributed by atoms with Crippen molar-refractivity contribution in [2.75, 3.05) is 13.2 Å². The van der Waals surface area contributed by atoms with E-state index in [1.54, 1.807) is 12.4 Å². The van der Waals surface area contributed by atoms with Crippen LogP contribution in [0.15, 0.2) is 48.8 Å². The van der Waals surface area contributed by atoms with Crippen LogP contribution in [0.1, 0.15) is 29.7 Å². The van der Waals surface area contributed by atoms with Crippen LogP contribution in [0.2, 0.25) is 0 Å². The van der Waals surface area contributed by atoms with Gasteiger partial charge < -0.3 is 10.1 Å². The molecule has 0 aliphatic heterocycles. The Balaban J connectivity index is 2.27. The quantitative estimate of drug-likeness (QED) is 0.887. The first-order valence-electron chi connectivity index (χ1n) is 7.05.